The predicted octanol–water partition coefficient (Wildman–Crippen LogP) is 3.53. The van der Waals surface area contributed by atoms with Gasteiger partial charge >= 0.3 is 0 Å². The topological polar surface area (TPSA) is 42.0 Å². The van der Waals surface area contributed by atoms with Gasteiger partial charge in [0.2, 0.25) is 6.79 Å². The van der Waals surface area contributed by atoms with Crippen LogP contribution in [0.3, 0.4) is 0 Å². The van der Waals surface area contributed by atoms with Gasteiger partial charge in [0, 0.05) is 38.3 Å². The van der Waals surface area contributed by atoms with Crippen molar-refractivity contribution in [1.29, 1.82) is 0 Å². The zero-order valence-corrected chi connectivity index (χ0v) is 15.6. The average molecular weight is 374 g/mol. The third-order valence-corrected chi connectivity index (χ3v) is 5.50. The summed E-state index contributed by atoms with van der Waals surface area (Å²) in [7, 11) is 0. The van der Waals surface area contributed by atoms with Crippen molar-refractivity contribution in [3.63, 3.8) is 0 Å². The Balaban J connectivity index is 1.22. The van der Waals surface area contributed by atoms with E-state index < -0.39 is 0 Å². The van der Waals surface area contributed by atoms with E-state index in [0.29, 0.717) is 6.79 Å². The number of nitrogens with zero attached hydrogens (tertiary/aromatic N) is 2. The van der Waals surface area contributed by atoms with Crippen LogP contribution in [0, 0.1) is 0 Å². The monoisotopic (exact) mass is 374 g/mol. The molecule has 0 aliphatic carbocycles. The van der Waals surface area contributed by atoms with Gasteiger partial charge in [-0.05, 0) is 40.6 Å². The Kier molecular flexibility index (Phi) is 4.37. The van der Waals surface area contributed by atoms with Crippen molar-refractivity contribution in [3.8, 4) is 11.5 Å². The first-order chi connectivity index (χ1) is 13.8. The highest BCUT2D eigenvalue weighted by atomic mass is 16.7. The first kappa shape index (κ1) is 17.1. The van der Waals surface area contributed by atoms with Crippen LogP contribution in [-0.4, -0.2) is 48.7 Å². The van der Waals surface area contributed by atoms with E-state index >= 15 is 0 Å². The molecule has 0 unspecified atom stereocenters. The highest BCUT2D eigenvalue weighted by molar-refractivity contribution is 5.98. The molecule has 1 fully saturated rings. The second-order valence-corrected chi connectivity index (χ2v) is 7.32. The average Bonchev–Trinajstić information content (AvgIpc) is 3.21. The third-order valence-electron chi connectivity index (χ3n) is 5.50. The normalized spacial score (nSPS) is 16.5. The lowest BCUT2D eigenvalue weighted by Gasteiger charge is -2.34. The molecule has 2 aliphatic heterocycles. The molecule has 5 nitrogen and oxygen atoms in total. The minimum Gasteiger partial charge on any atom is -0.454 e. The van der Waals surface area contributed by atoms with Gasteiger partial charge in [0.15, 0.2) is 11.5 Å². The van der Waals surface area contributed by atoms with E-state index in [1.54, 1.807) is 0 Å². The van der Waals surface area contributed by atoms with Crippen molar-refractivity contribution < 1.29 is 14.3 Å². The molecule has 0 aromatic heterocycles. The molecule has 5 rings (SSSR count). The Bertz CT molecular complexity index is 1030. The fourth-order valence-electron chi connectivity index (χ4n) is 3.91. The van der Waals surface area contributed by atoms with Crippen molar-refractivity contribution in [2.75, 3.05) is 33.0 Å². The summed E-state index contributed by atoms with van der Waals surface area (Å²) in [5, 5.41) is 2.27. The summed E-state index contributed by atoms with van der Waals surface area (Å²) < 4.78 is 10.8. The van der Waals surface area contributed by atoms with E-state index in [1.165, 1.54) is 5.56 Å². The summed E-state index contributed by atoms with van der Waals surface area (Å²) in [6.07, 6.45) is 0. The number of rotatable bonds is 3. The predicted molar refractivity (Wildman–Crippen MR) is 108 cm³/mol. The van der Waals surface area contributed by atoms with Gasteiger partial charge in [0.25, 0.3) is 5.91 Å². The van der Waals surface area contributed by atoms with Crippen LogP contribution in [0.5, 0.6) is 11.5 Å². The summed E-state index contributed by atoms with van der Waals surface area (Å²) in [5.41, 5.74) is 1.97. The van der Waals surface area contributed by atoms with Gasteiger partial charge in [-0.1, -0.05) is 36.4 Å². The molecule has 1 saturated heterocycles. The highest BCUT2D eigenvalue weighted by Gasteiger charge is 2.23. The second-order valence-electron chi connectivity index (χ2n) is 7.32. The Hall–Kier alpha value is -3.05. The van der Waals surface area contributed by atoms with Gasteiger partial charge in [-0.15, -0.1) is 0 Å². The lowest BCUT2D eigenvalue weighted by Crippen LogP contribution is -2.48. The molecule has 0 radical (unpaired) electrons. The van der Waals surface area contributed by atoms with E-state index in [2.05, 4.69) is 29.2 Å². The maximum Gasteiger partial charge on any atom is 0.253 e. The minimum atomic E-state index is 0.119. The van der Waals surface area contributed by atoms with Gasteiger partial charge in [-0.2, -0.15) is 0 Å². The molecule has 1 amide bonds. The van der Waals surface area contributed by atoms with Crippen LogP contribution in [0.25, 0.3) is 10.8 Å². The molecule has 2 heterocycles. The number of fused-ring (bicyclic) bond motifs is 2. The van der Waals surface area contributed by atoms with Gasteiger partial charge in [-0.3, -0.25) is 9.69 Å². The molecule has 142 valence electrons. The van der Waals surface area contributed by atoms with Crippen molar-refractivity contribution in [2.45, 2.75) is 6.54 Å². The highest BCUT2D eigenvalue weighted by Crippen LogP contribution is 2.32. The Labute approximate surface area is 164 Å². The van der Waals surface area contributed by atoms with E-state index in [9.17, 15) is 4.79 Å². The van der Waals surface area contributed by atoms with Gasteiger partial charge in [0.05, 0.1) is 0 Å². The zero-order valence-electron chi connectivity index (χ0n) is 15.6. The Morgan fingerprint density at radius 2 is 1.61 bits per heavy atom. The van der Waals surface area contributed by atoms with Crippen molar-refractivity contribution in [2.24, 2.45) is 0 Å². The maximum atomic E-state index is 12.9. The molecule has 3 aromatic carbocycles. The number of carbonyl (C=O) groups excluding carboxylic acids is 1. The van der Waals surface area contributed by atoms with E-state index in [0.717, 1.165) is 60.6 Å². The van der Waals surface area contributed by atoms with Crippen molar-refractivity contribution in [1.82, 2.24) is 9.80 Å². The molecule has 0 spiro atoms. The number of hydrogen-bond acceptors (Lipinski definition) is 4. The number of amides is 1. The standard InChI is InChI=1S/C23H22N2O3/c26-23(20-7-6-18-3-1-2-4-19(18)14-20)25-11-9-24(10-12-25)15-17-5-8-21-22(13-17)28-16-27-21/h1-8,13-14H,9-12,15-16H2. The smallest absolute Gasteiger partial charge is 0.253 e. The van der Waals surface area contributed by atoms with Crippen LogP contribution in [0.1, 0.15) is 15.9 Å². The summed E-state index contributed by atoms with van der Waals surface area (Å²) in [4.78, 5) is 17.2. The molecular formula is C23H22N2O3. The number of ether oxygens (including phenoxy) is 2. The molecule has 2 aliphatic rings. The largest absolute Gasteiger partial charge is 0.454 e. The summed E-state index contributed by atoms with van der Waals surface area (Å²) >= 11 is 0. The molecule has 3 aromatic rings. The van der Waals surface area contributed by atoms with Crippen LogP contribution < -0.4 is 9.47 Å². The lowest BCUT2D eigenvalue weighted by atomic mass is 10.1. The fraction of sp³-hybridized carbons (Fsp3) is 0.261. The Morgan fingerprint density at radius 3 is 2.46 bits per heavy atom. The number of piperazine rings is 1. The van der Waals surface area contributed by atoms with Crippen molar-refractivity contribution >= 4 is 16.7 Å². The lowest BCUT2D eigenvalue weighted by molar-refractivity contribution is 0.0628. The van der Waals surface area contributed by atoms with Crippen LogP contribution in [0.2, 0.25) is 0 Å². The van der Waals surface area contributed by atoms with Crippen LogP contribution in [0.4, 0.5) is 0 Å². The quantitative estimate of drug-likeness (QED) is 0.703. The van der Waals surface area contributed by atoms with E-state index in [4.69, 9.17) is 9.47 Å². The molecule has 0 saturated carbocycles. The van der Waals surface area contributed by atoms with Gasteiger partial charge in [0.1, 0.15) is 0 Å². The SMILES string of the molecule is O=C(c1ccc2ccccc2c1)N1CCN(Cc2ccc3c(c2)OCO3)CC1. The zero-order chi connectivity index (χ0) is 18.9. The second kappa shape index (κ2) is 7.17. The molecule has 0 N–H and O–H groups in total. The van der Waals surface area contributed by atoms with E-state index in [1.807, 2.05) is 41.3 Å². The van der Waals surface area contributed by atoms with Crippen LogP contribution >= 0.6 is 0 Å². The molecular weight excluding hydrogens is 352 g/mol. The van der Waals surface area contributed by atoms with Gasteiger partial charge in [-0.25, -0.2) is 0 Å². The number of carbonyl (C=O) groups is 1. The van der Waals surface area contributed by atoms with Gasteiger partial charge < -0.3 is 14.4 Å². The summed E-state index contributed by atoms with van der Waals surface area (Å²) in [5.74, 6) is 1.76. The van der Waals surface area contributed by atoms with Crippen molar-refractivity contribution in [3.05, 3.63) is 71.8 Å². The molecule has 28 heavy (non-hydrogen) atoms. The summed E-state index contributed by atoms with van der Waals surface area (Å²) in [6.45, 7) is 4.39. The first-order valence-electron chi connectivity index (χ1n) is 9.65. The first-order valence-corrected chi connectivity index (χ1v) is 9.65. The molecule has 0 atom stereocenters. The van der Waals surface area contributed by atoms with Crippen LogP contribution in [-0.2, 0) is 6.54 Å². The fourth-order valence-corrected chi connectivity index (χ4v) is 3.91. The summed E-state index contributed by atoms with van der Waals surface area (Å²) in [6, 6.07) is 20.2. The molecule has 0 bridgehead atoms. The van der Waals surface area contributed by atoms with Crippen LogP contribution in [0.15, 0.2) is 60.7 Å². The number of benzene rings is 3. The third kappa shape index (κ3) is 3.29. The Morgan fingerprint density at radius 1 is 0.821 bits per heavy atom. The number of hydrogen-bond donors (Lipinski definition) is 0. The van der Waals surface area contributed by atoms with E-state index in [-0.39, 0.29) is 5.91 Å². The molecule has 5 heteroatoms. The maximum absolute atomic E-state index is 12.9. The minimum absolute atomic E-state index is 0.119.